The number of carbonyl (C=O) groups excluding carboxylic acids is 1. The molecule has 0 rings (SSSR count). The summed E-state index contributed by atoms with van der Waals surface area (Å²) < 4.78 is 5.31. The van der Waals surface area contributed by atoms with E-state index >= 15 is 0 Å². The van der Waals surface area contributed by atoms with Crippen LogP contribution in [0.3, 0.4) is 0 Å². The predicted molar refractivity (Wildman–Crippen MR) is 105 cm³/mol. The van der Waals surface area contributed by atoms with E-state index in [4.69, 9.17) is 4.74 Å². The third-order valence-corrected chi connectivity index (χ3v) is 4.55. The van der Waals surface area contributed by atoms with Gasteiger partial charge in [0.25, 0.3) is 0 Å². The van der Waals surface area contributed by atoms with Crippen LogP contribution in [0.5, 0.6) is 0 Å². The highest BCUT2D eigenvalue weighted by Crippen LogP contribution is 2.11. The molecular formula is C22H42O2. The predicted octanol–water partition coefficient (Wildman–Crippen LogP) is 7.37. The van der Waals surface area contributed by atoms with Crippen molar-refractivity contribution < 1.29 is 9.53 Å². The summed E-state index contributed by atoms with van der Waals surface area (Å²) in [5.41, 5.74) is 0. The van der Waals surface area contributed by atoms with Crippen molar-refractivity contribution in [1.82, 2.24) is 0 Å². The molecule has 24 heavy (non-hydrogen) atoms. The number of allylic oxidation sites excluding steroid dienone is 1. The van der Waals surface area contributed by atoms with Crippen LogP contribution in [-0.2, 0) is 9.53 Å². The van der Waals surface area contributed by atoms with Gasteiger partial charge in [0.15, 0.2) is 0 Å². The minimum absolute atomic E-state index is 0.00113. The zero-order chi connectivity index (χ0) is 17.7. The largest absolute Gasteiger partial charge is 0.466 e. The third-order valence-electron chi connectivity index (χ3n) is 4.55. The number of carbonyl (C=O) groups is 1. The van der Waals surface area contributed by atoms with Crippen molar-refractivity contribution in [3.63, 3.8) is 0 Å². The Bertz CT molecular complexity index is 273. The van der Waals surface area contributed by atoms with E-state index in [9.17, 15) is 4.79 Å². The minimum atomic E-state index is 0.00113. The average Bonchev–Trinajstić information content (AvgIpc) is 2.59. The summed E-state index contributed by atoms with van der Waals surface area (Å²) in [5.74, 6) is 0.00113. The lowest BCUT2D eigenvalue weighted by molar-refractivity contribution is -0.143. The monoisotopic (exact) mass is 338 g/mol. The fourth-order valence-corrected chi connectivity index (χ4v) is 2.94. The molecular weight excluding hydrogens is 296 g/mol. The molecule has 142 valence electrons. The van der Waals surface area contributed by atoms with Crippen LogP contribution in [0, 0.1) is 0 Å². The molecule has 0 unspecified atom stereocenters. The van der Waals surface area contributed by atoms with Gasteiger partial charge in [-0.25, -0.2) is 0 Å². The molecule has 2 heteroatoms. The normalized spacial score (nSPS) is 10.7. The maximum absolute atomic E-state index is 11.6. The molecule has 0 heterocycles. The fraction of sp³-hybridized carbons (Fsp3) is 0.864. The highest BCUT2D eigenvalue weighted by atomic mass is 16.5. The zero-order valence-corrected chi connectivity index (χ0v) is 16.3. The maximum Gasteiger partial charge on any atom is 0.305 e. The molecule has 0 fully saturated rings. The first-order valence-corrected chi connectivity index (χ1v) is 10.6. The summed E-state index contributed by atoms with van der Waals surface area (Å²) in [4.78, 5) is 11.6. The van der Waals surface area contributed by atoms with Gasteiger partial charge in [-0.1, -0.05) is 90.0 Å². The van der Waals surface area contributed by atoms with E-state index in [1.165, 1.54) is 77.0 Å². The molecule has 2 nitrogen and oxygen atoms in total. The number of unbranched alkanes of at least 4 members (excludes halogenated alkanes) is 14. The Morgan fingerprint density at radius 3 is 1.83 bits per heavy atom. The van der Waals surface area contributed by atoms with E-state index < -0.39 is 0 Å². The molecule has 0 radical (unpaired) electrons. The fourth-order valence-electron chi connectivity index (χ4n) is 2.94. The van der Waals surface area contributed by atoms with Gasteiger partial charge in [0.1, 0.15) is 0 Å². The van der Waals surface area contributed by atoms with Crippen LogP contribution in [-0.4, -0.2) is 12.6 Å². The Hall–Kier alpha value is -0.790. The quantitative estimate of drug-likeness (QED) is 0.140. The van der Waals surface area contributed by atoms with Crippen molar-refractivity contribution >= 4 is 5.97 Å². The van der Waals surface area contributed by atoms with Crippen molar-refractivity contribution in [2.45, 2.75) is 116 Å². The summed E-state index contributed by atoms with van der Waals surface area (Å²) in [7, 11) is 0. The molecule has 0 saturated heterocycles. The molecule has 0 aliphatic carbocycles. The molecule has 0 spiro atoms. The Morgan fingerprint density at radius 2 is 1.25 bits per heavy atom. The number of ether oxygens (including phenoxy) is 1. The van der Waals surface area contributed by atoms with E-state index in [0.29, 0.717) is 13.0 Å². The standard InChI is InChI=1S/C22H42O2/c1-3-5-7-9-11-13-15-17-19-21-24-22(23)20-18-16-14-12-10-8-6-4-2/h4H,2-3,5-21H2,1H3. The lowest BCUT2D eigenvalue weighted by Crippen LogP contribution is -2.05. The zero-order valence-electron chi connectivity index (χ0n) is 16.3. The maximum atomic E-state index is 11.6. The highest BCUT2D eigenvalue weighted by molar-refractivity contribution is 5.69. The second kappa shape index (κ2) is 20.3. The molecule has 0 aromatic rings. The van der Waals surface area contributed by atoms with Crippen LogP contribution in [0.1, 0.15) is 116 Å². The van der Waals surface area contributed by atoms with E-state index in [0.717, 1.165) is 25.7 Å². The number of esters is 1. The van der Waals surface area contributed by atoms with Gasteiger partial charge < -0.3 is 4.74 Å². The Morgan fingerprint density at radius 1 is 0.750 bits per heavy atom. The highest BCUT2D eigenvalue weighted by Gasteiger charge is 2.02. The molecule has 0 saturated carbocycles. The molecule has 0 amide bonds. The molecule has 0 aliphatic rings. The Balaban J connectivity index is 3.14. The number of rotatable bonds is 19. The second-order valence-corrected chi connectivity index (χ2v) is 7.00. The van der Waals surface area contributed by atoms with Crippen LogP contribution in [0.4, 0.5) is 0 Å². The molecule has 0 atom stereocenters. The van der Waals surface area contributed by atoms with Crippen molar-refractivity contribution in [3.05, 3.63) is 12.7 Å². The summed E-state index contributed by atoms with van der Waals surface area (Å²) in [6.45, 7) is 6.61. The van der Waals surface area contributed by atoms with Gasteiger partial charge in [0.2, 0.25) is 0 Å². The van der Waals surface area contributed by atoms with E-state index in [2.05, 4.69) is 13.5 Å². The topological polar surface area (TPSA) is 26.3 Å². The van der Waals surface area contributed by atoms with Crippen molar-refractivity contribution in [1.29, 1.82) is 0 Å². The number of hydrogen-bond donors (Lipinski definition) is 0. The summed E-state index contributed by atoms with van der Waals surface area (Å²) in [6, 6.07) is 0. The molecule has 0 N–H and O–H groups in total. The number of hydrogen-bond acceptors (Lipinski definition) is 2. The van der Waals surface area contributed by atoms with Crippen molar-refractivity contribution in [2.75, 3.05) is 6.61 Å². The van der Waals surface area contributed by atoms with Crippen LogP contribution in [0.2, 0.25) is 0 Å². The molecule has 0 aromatic carbocycles. The average molecular weight is 339 g/mol. The van der Waals surface area contributed by atoms with Crippen molar-refractivity contribution in [3.8, 4) is 0 Å². The van der Waals surface area contributed by atoms with Crippen LogP contribution in [0.25, 0.3) is 0 Å². The van der Waals surface area contributed by atoms with E-state index in [-0.39, 0.29) is 5.97 Å². The first kappa shape index (κ1) is 23.2. The summed E-state index contributed by atoms with van der Waals surface area (Å²) >= 11 is 0. The van der Waals surface area contributed by atoms with Crippen LogP contribution < -0.4 is 0 Å². The lowest BCUT2D eigenvalue weighted by atomic mass is 10.1. The summed E-state index contributed by atoms with van der Waals surface area (Å²) in [5, 5.41) is 0. The van der Waals surface area contributed by atoms with Gasteiger partial charge in [-0.15, -0.1) is 6.58 Å². The minimum Gasteiger partial charge on any atom is -0.466 e. The first-order chi connectivity index (χ1) is 11.8. The van der Waals surface area contributed by atoms with Gasteiger partial charge in [0.05, 0.1) is 6.61 Å². The van der Waals surface area contributed by atoms with E-state index in [1.807, 2.05) is 6.08 Å². The molecule has 0 aromatic heterocycles. The smallest absolute Gasteiger partial charge is 0.305 e. The van der Waals surface area contributed by atoms with Gasteiger partial charge in [0, 0.05) is 6.42 Å². The Kier molecular flexibility index (Phi) is 19.6. The first-order valence-electron chi connectivity index (χ1n) is 10.6. The second-order valence-electron chi connectivity index (χ2n) is 7.00. The van der Waals surface area contributed by atoms with Crippen molar-refractivity contribution in [2.24, 2.45) is 0 Å². The third kappa shape index (κ3) is 19.3. The Labute approximate surface area is 151 Å². The lowest BCUT2D eigenvalue weighted by Gasteiger charge is -2.05. The van der Waals surface area contributed by atoms with Crippen LogP contribution >= 0.6 is 0 Å². The molecule has 0 bridgehead atoms. The SMILES string of the molecule is C=CCCCCCCCCC(=O)OCCCCCCCCCCC. The molecule has 0 aliphatic heterocycles. The van der Waals surface area contributed by atoms with Gasteiger partial charge in [-0.2, -0.15) is 0 Å². The summed E-state index contributed by atoms with van der Waals surface area (Å²) in [6.07, 6.45) is 22.6. The van der Waals surface area contributed by atoms with E-state index in [1.54, 1.807) is 0 Å². The van der Waals surface area contributed by atoms with Crippen LogP contribution in [0.15, 0.2) is 12.7 Å². The van der Waals surface area contributed by atoms with Gasteiger partial charge in [-0.05, 0) is 25.7 Å². The van der Waals surface area contributed by atoms with Gasteiger partial charge in [-0.3, -0.25) is 4.79 Å². The van der Waals surface area contributed by atoms with Gasteiger partial charge >= 0.3 is 5.97 Å².